The van der Waals surface area contributed by atoms with Crippen LogP contribution in [0.1, 0.15) is 13.8 Å². The Morgan fingerprint density at radius 2 is 1.47 bits per heavy atom. The maximum absolute atomic E-state index is 10.3. The van der Waals surface area contributed by atoms with Gasteiger partial charge in [-0.15, -0.1) is 0 Å². The number of carbonyl (C=O) groups excluding carboxylic acids is 2. The van der Waals surface area contributed by atoms with Crippen LogP contribution in [-0.2, 0) is 9.47 Å². The number of hydrogen-bond acceptors (Lipinski definition) is 6. The molecule has 0 aromatic carbocycles. The van der Waals surface area contributed by atoms with Gasteiger partial charge in [-0.3, -0.25) is 0 Å². The second-order valence-electron chi connectivity index (χ2n) is 2.01. The molecule has 0 radical (unpaired) electrons. The van der Waals surface area contributed by atoms with Crippen molar-refractivity contribution in [1.29, 1.82) is 0 Å². The first kappa shape index (κ1) is 22.7. The number of thiol groups is 1. The molecule has 2 unspecified atom stereocenters. The summed E-state index contributed by atoms with van der Waals surface area (Å²) in [4.78, 5) is 20.0. The minimum atomic E-state index is -0.873. The van der Waals surface area contributed by atoms with Crippen molar-refractivity contribution < 1.29 is 19.1 Å². The molecule has 0 N–H and O–H groups in total. The first-order valence-corrected chi connectivity index (χ1v) is 7.50. The average molecular weight is 346 g/mol. The molecule has 0 fully saturated rings. The Morgan fingerprint density at radius 3 is 1.53 bits per heavy atom. The van der Waals surface area contributed by atoms with Gasteiger partial charge in [-0.1, -0.05) is 23.2 Å². The molecule has 0 aromatic rings. The van der Waals surface area contributed by atoms with Crippen LogP contribution in [0.3, 0.4) is 0 Å². The molecule has 0 bridgehead atoms. The van der Waals surface area contributed by atoms with Crippen LogP contribution in [0.15, 0.2) is 0 Å². The molecule has 4 nitrogen and oxygen atoms in total. The molecule has 0 amide bonds. The van der Waals surface area contributed by atoms with Crippen molar-refractivity contribution in [1.82, 2.24) is 0 Å². The van der Waals surface area contributed by atoms with Crippen LogP contribution in [0.4, 0.5) is 9.59 Å². The Balaban J connectivity index is -0.000000202. The van der Waals surface area contributed by atoms with Crippen LogP contribution in [0.5, 0.6) is 0 Å². The summed E-state index contributed by atoms with van der Waals surface area (Å²) in [7, 11) is 0. The van der Waals surface area contributed by atoms with Gasteiger partial charge in [0.05, 0.1) is 0 Å². The van der Waals surface area contributed by atoms with Crippen LogP contribution < -0.4 is 0 Å². The second-order valence-corrected chi connectivity index (χ2v) is 4.29. The van der Waals surface area contributed by atoms with Crippen LogP contribution in [0.25, 0.3) is 0 Å². The second kappa shape index (κ2) is 16.5. The molecular weight excluding hydrogens is 331 g/mol. The summed E-state index contributed by atoms with van der Waals surface area (Å²) in [5, 5.41) is -0.340. The number of alkyl halides is 2. The smallest absolute Gasteiger partial charge is 0.405 e. The molecule has 0 saturated heterocycles. The molecule has 2 atom stereocenters. The summed E-state index contributed by atoms with van der Waals surface area (Å²) < 4.78 is 8.63. The van der Waals surface area contributed by atoms with Gasteiger partial charge < -0.3 is 9.47 Å². The lowest BCUT2D eigenvalue weighted by Gasteiger charge is -2.01. The first-order valence-electron chi connectivity index (χ1n) is 4.13. The van der Waals surface area contributed by atoms with E-state index in [4.69, 9.17) is 34.8 Å². The standard InChI is InChI=1S/C4H7ClO2S.C3H4Cl2O2.CH4S/c1-3(5)7-4(6)8-2;1-2(4)7-3(5)6;1-2/h3H,1-2H3;2H,1H3;2H,1H3. The Bertz CT molecular complexity index is 203. The molecule has 17 heavy (non-hydrogen) atoms. The number of rotatable bonds is 2. The van der Waals surface area contributed by atoms with E-state index in [0.717, 1.165) is 11.8 Å². The lowest BCUT2D eigenvalue weighted by molar-refractivity contribution is 0.165. The highest BCUT2D eigenvalue weighted by atomic mass is 35.5. The van der Waals surface area contributed by atoms with Crippen molar-refractivity contribution in [2.45, 2.75) is 25.0 Å². The molecule has 104 valence electrons. The van der Waals surface area contributed by atoms with E-state index in [2.05, 4.69) is 22.1 Å². The lowest BCUT2D eigenvalue weighted by atomic mass is 10.9. The Morgan fingerprint density at radius 1 is 1.12 bits per heavy atom. The zero-order valence-corrected chi connectivity index (χ0v) is 13.8. The van der Waals surface area contributed by atoms with Crippen LogP contribution in [0.2, 0.25) is 0 Å². The highest BCUT2D eigenvalue weighted by molar-refractivity contribution is 8.12. The maximum Gasteiger partial charge on any atom is 0.405 e. The Hall–Kier alpha value is 0.510. The molecule has 0 rings (SSSR count). The van der Waals surface area contributed by atoms with E-state index >= 15 is 0 Å². The number of halogens is 3. The van der Waals surface area contributed by atoms with Crippen molar-refractivity contribution >= 4 is 69.9 Å². The predicted molar refractivity (Wildman–Crippen MR) is 77.9 cm³/mol. The van der Waals surface area contributed by atoms with E-state index in [1.807, 2.05) is 0 Å². The minimum absolute atomic E-state index is 0.340. The highest BCUT2D eigenvalue weighted by Crippen LogP contribution is 2.04. The summed E-state index contributed by atoms with van der Waals surface area (Å²) in [5.74, 6) is 0. The predicted octanol–water partition coefficient (Wildman–Crippen LogP) is 4.56. The van der Waals surface area contributed by atoms with Gasteiger partial charge in [-0.05, 0) is 38.1 Å². The van der Waals surface area contributed by atoms with Gasteiger partial charge in [0.1, 0.15) is 0 Å². The van der Waals surface area contributed by atoms with E-state index in [1.54, 1.807) is 19.4 Å². The maximum atomic E-state index is 10.3. The van der Waals surface area contributed by atoms with Crippen molar-refractivity contribution in [2.24, 2.45) is 0 Å². The average Bonchev–Trinajstić information content (AvgIpc) is 2.18. The quantitative estimate of drug-likeness (QED) is 0.344. The largest absolute Gasteiger partial charge is 0.438 e. The molecule has 0 aromatic heterocycles. The summed E-state index contributed by atoms with van der Waals surface area (Å²) in [5.41, 5.74) is -2.03. The van der Waals surface area contributed by atoms with Gasteiger partial charge in [0.15, 0.2) is 11.1 Å². The molecule has 0 aliphatic carbocycles. The van der Waals surface area contributed by atoms with E-state index in [9.17, 15) is 9.59 Å². The summed E-state index contributed by atoms with van der Waals surface area (Å²) in [6, 6.07) is 0. The SMILES string of the molecule is CC(Cl)OC(=O)Cl.CS.CSC(=O)OC(C)Cl. The fourth-order valence-electron chi connectivity index (χ4n) is 0.308. The third-order valence-corrected chi connectivity index (χ3v) is 1.38. The van der Waals surface area contributed by atoms with Crippen LogP contribution in [-0.4, -0.2) is 34.4 Å². The van der Waals surface area contributed by atoms with Crippen LogP contribution in [0, 0.1) is 0 Å². The van der Waals surface area contributed by atoms with E-state index in [0.29, 0.717) is 0 Å². The van der Waals surface area contributed by atoms with E-state index in [1.165, 1.54) is 6.92 Å². The number of ether oxygens (including phenoxy) is 2. The topological polar surface area (TPSA) is 52.6 Å². The summed E-state index contributed by atoms with van der Waals surface area (Å²) in [6.07, 6.45) is 3.33. The number of thioether (sulfide) groups is 1. The molecule has 9 heteroatoms. The minimum Gasteiger partial charge on any atom is -0.438 e. The number of hydrogen-bond donors (Lipinski definition) is 1. The molecule has 0 saturated carbocycles. The van der Waals surface area contributed by atoms with Gasteiger partial charge in [-0.25, -0.2) is 9.59 Å². The number of carbonyl (C=O) groups is 2. The molecule has 0 aliphatic heterocycles. The summed E-state index contributed by atoms with van der Waals surface area (Å²) >= 11 is 19.7. The zero-order chi connectivity index (χ0) is 14.4. The fraction of sp³-hybridized carbons (Fsp3) is 0.750. The Labute approximate surface area is 126 Å². The zero-order valence-electron chi connectivity index (χ0n) is 9.78. The van der Waals surface area contributed by atoms with E-state index < -0.39 is 16.6 Å². The van der Waals surface area contributed by atoms with E-state index in [-0.39, 0.29) is 5.30 Å². The van der Waals surface area contributed by atoms with Crippen molar-refractivity contribution in [3.05, 3.63) is 0 Å². The van der Waals surface area contributed by atoms with Gasteiger partial charge in [0.2, 0.25) is 0 Å². The van der Waals surface area contributed by atoms with Gasteiger partial charge in [0, 0.05) is 11.6 Å². The monoisotopic (exact) mass is 344 g/mol. The molecule has 0 aliphatic rings. The van der Waals surface area contributed by atoms with Crippen molar-refractivity contribution in [3.8, 4) is 0 Å². The third-order valence-electron chi connectivity index (χ3n) is 0.680. The molecular formula is C8H15Cl3O4S2. The third kappa shape index (κ3) is 31.5. The first-order chi connectivity index (χ1) is 7.79. The lowest BCUT2D eigenvalue weighted by Crippen LogP contribution is -2.02. The van der Waals surface area contributed by atoms with Gasteiger partial charge in [-0.2, -0.15) is 12.6 Å². The van der Waals surface area contributed by atoms with Gasteiger partial charge >= 0.3 is 10.7 Å². The van der Waals surface area contributed by atoms with Crippen molar-refractivity contribution in [2.75, 3.05) is 12.5 Å². The highest BCUT2D eigenvalue weighted by Gasteiger charge is 2.01. The fourth-order valence-corrected chi connectivity index (χ4v) is 0.943. The summed E-state index contributed by atoms with van der Waals surface area (Å²) in [6.45, 7) is 3.09. The Kier molecular flexibility index (Phi) is 22.0. The van der Waals surface area contributed by atoms with Crippen LogP contribution >= 0.6 is 59.2 Å². The van der Waals surface area contributed by atoms with Gasteiger partial charge in [0.25, 0.3) is 0 Å². The van der Waals surface area contributed by atoms with Crippen molar-refractivity contribution in [3.63, 3.8) is 0 Å². The molecule has 0 spiro atoms. The normalized spacial score (nSPS) is 11.8. The molecule has 0 heterocycles.